The minimum Gasteiger partial charge on any atom is -0.403 e. The molecule has 0 aromatic heterocycles. The number of hydrogen-bond donors (Lipinski definition) is 2. The van der Waals surface area contributed by atoms with Crippen LogP contribution in [0.25, 0.3) is 0 Å². The van der Waals surface area contributed by atoms with E-state index in [0.29, 0.717) is 0 Å². The Labute approximate surface area is 48.5 Å². The van der Waals surface area contributed by atoms with Crippen LogP contribution in [0.15, 0.2) is 17.4 Å². The van der Waals surface area contributed by atoms with Crippen LogP contribution >= 0.6 is 0 Å². The molecule has 0 radical (unpaired) electrons. The molecule has 0 amide bonds. The minimum atomic E-state index is -0.494. The maximum absolute atomic E-state index is 8.55. The summed E-state index contributed by atoms with van der Waals surface area (Å²) in [5.74, 6) is 0. The molecule has 1 unspecified atom stereocenters. The molecule has 3 N–H and O–H groups in total. The van der Waals surface area contributed by atoms with Crippen LogP contribution in [-0.4, -0.2) is 17.4 Å². The van der Waals surface area contributed by atoms with E-state index in [4.69, 9.17) is 10.8 Å². The molecule has 0 aromatic rings. The van der Waals surface area contributed by atoms with Gasteiger partial charge in [0, 0.05) is 18.6 Å². The van der Waals surface area contributed by atoms with Gasteiger partial charge >= 0.3 is 0 Å². The Morgan fingerprint density at radius 3 is 2.75 bits per heavy atom. The van der Waals surface area contributed by atoms with Crippen LogP contribution in [0.2, 0.25) is 0 Å². The van der Waals surface area contributed by atoms with E-state index in [9.17, 15) is 0 Å². The fourth-order valence-corrected chi connectivity index (χ4v) is 0.224. The first-order valence-corrected chi connectivity index (χ1v) is 2.35. The fourth-order valence-electron chi connectivity index (χ4n) is 0.224. The molecule has 0 aliphatic carbocycles. The van der Waals surface area contributed by atoms with Crippen LogP contribution in [0.5, 0.6) is 0 Å². The van der Waals surface area contributed by atoms with E-state index in [2.05, 4.69) is 4.99 Å². The van der Waals surface area contributed by atoms with Crippen molar-refractivity contribution in [3.8, 4) is 0 Å². The van der Waals surface area contributed by atoms with Gasteiger partial charge in [-0.1, -0.05) is 0 Å². The Balaban J connectivity index is 3.34. The smallest absolute Gasteiger partial charge is 0.0863 e. The lowest BCUT2D eigenvalue weighted by atomic mass is 10.5. The predicted octanol–water partition coefficient (Wildman–Crippen LogP) is -0.132. The van der Waals surface area contributed by atoms with Crippen LogP contribution < -0.4 is 5.73 Å². The summed E-state index contributed by atoms with van der Waals surface area (Å²) in [5.41, 5.74) is 4.94. The lowest BCUT2D eigenvalue weighted by Gasteiger charge is -1.87. The van der Waals surface area contributed by atoms with Gasteiger partial charge in [0.2, 0.25) is 0 Å². The number of hydrogen-bond acceptors (Lipinski definition) is 3. The highest BCUT2D eigenvalue weighted by molar-refractivity contribution is 5.62. The molecule has 0 saturated heterocycles. The SMILES string of the molecule is CC(O)C=N/C=C\N. The molecule has 0 aliphatic heterocycles. The van der Waals surface area contributed by atoms with E-state index in [1.165, 1.54) is 18.6 Å². The average molecular weight is 114 g/mol. The van der Waals surface area contributed by atoms with E-state index in [1.54, 1.807) is 6.92 Å². The van der Waals surface area contributed by atoms with Crippen molar-refractivity contribution >= 4 is 6.21 Å². The third-order valence-electron chi connectivity index (χ3n) is 0.474. The highest BCUT2D eigenvalue weighted by Gasteiger charge is 1.81. The van der Waals surface area contributed by atoms with Crippen molar-refractivity contribution in [2.45, 2.75) is 13.0 Å². The van der Waals surface area contributed by atoms with Gasteiger partial charge in [0.15, 0.2) is 0 Å². The van der Waals surface area contributed by atoms with Gasteiger partial charge in [-0.2, -0.15) is 0 Å². The summed E-state index contributed by atoms with van der Waals surface area (Å²) in [6, 6.07) is 0. The molecule has 1 atom stereocenters. The second kappa shape index (κ2) is 4.33. The Morgan fingerprint density at radius 2 is 2.38 bits per heavy atom. The average Bonchev–Trinajstić information content (AvgIpc) is 1.66. The van der Waals surface area contributed by atoms with Gasteiger partial charge in [-0.05, 0) is 6.92 Å². The summed E-state index contributed by atoms with van der Waals surface area (Å²) in [4.78, 5) is 3.61. The molecule has 0 aromatic carbocycles. The molecule has 0 heterocycles. The first-order valence-electron chi connectivity index (χ1n) is 2.35. The molecular weight excluding hydrogens is 104 g/mol. The van der Waals surface area contributed by atoms with Crippen LogP contribution in [0.1, 0.15) is 6.92 Å². The second-order valence-electron chi connectivity index (χ2n) is 1.38. The summed E-state index contributed by atoms with van der Waals surface area (Å²) < 4.78 is 0. The van der Waals surface area contributed by atoms with Gasteiger partial charge in [0.05, 0.1) is 6.10 Å². The highest BCUT2D eigenvalue weighted by atomic mass is 16.3. The normalized spacial score (nSPS) is 15.8. The van der Waals surface area contributed by atoms with Gasteiger partial charge in [0.1, 0.15) is 0 Å². The molecule has 0 saturated carbocycles. The molecule has 0 aliphatic rings. The predicted molar refractivity (Wildman–Crippen MR) is 33.5 cm³/mol. The molecule has 0 fully saturated rings. The number of nitrogens with zero attached hydrogens (tertiary/aromatic N) is 1. The van der Waals surface area contributed by atoms with Gasteiger partial charge in [0.25, 0.3) is 0 Å². The van der Waals surface area contributed by atoms with Crippen molar-refractivity contribution in [1.82, 2.24) is 0 Å². The zero-order valence-corrected chi connectivity index (χ0v) is 4.78. The zero-order chi connectivity index (χ0) is 6.41. The number of aliphatic hydroxyl groups excluding tert-OH is 1. The Kier molecular flexibility index (Phi) is 3.88. The Bertz CT molecular complexity index is 96.6. The molecule has 3 nitrogen and oxygen atoms in total. The maximum atomic E-state index is 8.55. The Hall–Kier alpha value is -0.830. The molecule has 3 heteroatoms. The van der Waals surface area contributed by atoms with Gasteiger partial charge < -0.3 is 10.8 Å². The lowest BCUT2D eigenvalue weighted by Crippen LogP contribution is -1.98. The summed E-state index contributed by atoms with van der Waals surface area (Å²) >= 11 is 0. The first-order chi connectivity index (χ1) is 3.77. The van der Waals surface area contributed by atoms with Crippen molar-refractivity contribution in [3.05, 3.63) is 12.4 Å². The highest BCUT2D eigenvalue weighted by Crippen LogP contribution is 1.73. The minimum absolute atomic E-state index is 0.494. The molecule has 0 spiro atoms. The number of aliphatic imine (C=N–C) groups is 1. The summed E-state index contributed by atoms with van der Waals surface area (Å²) in [5, 5.41) is 8.55. The molecule has 46 valence electrons. The third-order valence-corrected chi connectivity index (χ3v) is 0.474. The van der Waals surface area contributed by atoms with Crippen LogP contribution in [0, 0.1) is 0 Å². The van der Waals surface area contributed by atoms with Crippen molar-refractivity contribution in [2.24, 2.45) is 10.7 Å². The van der Waals surface area contributed by atoms with Crippen molar-refractivity contribution in [1.29, 1.82) is 0 Å². The Morgan fingerprint density at radius 1 is 1.75 bits per heavy atom. The zero-order valence-electron chi connectivity index (χ0n) is 4.78. The van der Waals surface area contributed by atoms with Gasteiger partial charge in [-0.3, -0.25) is 4.99 Å². The molecule has 0 rings (SSSR count). The van der Waals surface area contributed by atoms with E-state index in [0.717, 1.165) is 0 Å². The summed E-state index contributed by atoms with van der Waals surface area (Å²) in [7, 11) is 0. The van der Waals surface area contributed by atoms with E-state index in [-0.39, 0.29) is 0 Å². The second-order valence-corrected chi connectivity index (χ2v) is 1.38. The van der Waals surface area contributed by atoms with Crippen molar-refractivity contribution in [2.75, 3.05) is 0 Å². The fraction of sp³-hybridized carbons (Fsp3) is 0.400. The standard InChI is InChI=1S/C5H10N2O/c1-5(8)4-7-3-2-6/h2-5,8H,6H2,1H3/b3-2-,7-4?. The molecular formula is C5H10N2O. The van der Waals surface area contributed by atoms with E-state index < -0.39 is 6.10 Å². The van der Waals surface area contributed by atoms with E-state index in [1.807, 2.05) is 0 Å². The molecule has 8 heavy (non-hydrogen) atoms. The number of aliphatic hydroxyl groups is 1. The van der Waals surface area contributed by atoms with Crippen LogP contribution in [0.3, 0.4) is 0 Å². The summed E-state index contributed by atoms with van der Waals surface area (Å²) in [6.07, 6.45) is 3.61. The van der Waals surface area contributed by atoms with Gasteiger partial charge in [-0.25, -0.2) is 0 Å². The van der Waals surface area contributed by atoms with Crippen LogP contribution in [0.4, 0.5) is 0 Å². The van der Waals surface area contributed by atoms with E-state index >= 15 is 0 Å². The molecule has 0 bridgehead atoms. The third kappa shape index (κ3) is 5.17. The monoisotopic (exact) mass is 114 g/mol. The quantitative estimate of drug-likeness (QED) is 0.491. The summed E-state index contributed by atoms with van der Waals surface area (Å²) in [6.45, 7) is 1.62. The van der Waals surface area contributed by atoms with Crippen molar-refractivity contribution < 1.29 is 5.11 Å². The van der Waals surface area contributed by atoms with Crippen LogP contribution in [-0.2, 0) is 0 Å². The maximum Gasteiger partial charge on any atom is 0.0863 e. The van der Waals surface area contributed by atoms with Gasteiger partial charge in [-0.15, -0.1) is 0 Å². The number of rotatable bonds is 2. The lowest BCUT2D eigenvalue weighted by molar-refractivity contribution is 0.267. The van der Waals surface area contributed by atoms with Crippen molar-refractivity contribution in [3.63, 3.8) is 0 Å². The largest absolute Gasteiger partial charge is 0.403 e. The topological polar surface area (TPSA) is 58.6 Å². The number of nitrogens with two attached hydrogens (primary N) is 1. The first kappa shape index (κ1) is 7.17.